The number of carbonyl (C=O) groups is 1. The predicted octanol–water partition coefficient (Wildman–Crippen LogP) is 0.593. The molecule has 4 heteroatoms. The highest BCUT2D eigenvalue weighted by Crippen LogP contribution is 2.07. The molecule has 0 fully saturated rings. The summed E-state index contributed by atoms with van der Waals surface area (Å²) < 4.78 is 0. The highest BCUT2D eigenvalue weighted by atomic mass is 35.5. The van der Waals surface area contributed by atoms with Gasteiger partial charge in [-0.25, -0.2) is 0 Å². The van der Waals surface area contributed by atoms with Gasteiger partial charge in [-0.15, -0.1) is 12.4 Å². The zero-order chi connectivity index (χ0) is 8.27. The van der Waals surface area contributed by atoms with Gasteiger partial charge in [0.1, 0.15) is 6.04 Å². The summed E-state index contributed by atoms with van der Waals surface area (Å²) in [6.07, 6.45) is 0. The lowest BCUT2D eigenvalue weighted by atomic mass is 10.1. The van der Waals surface area contributed by atoms with Crippen molar-refractivity contribution in [3.63, 3.8) is 0 Å². The summed E-state index contributed by atoms with van der Waals surface area (Å²) in [4.78, 5) is 10.6. The van der Waals surface area contributed by atoms with Crippen LogP contribution in [-0.2, 0) is 4.79 Å². The zero-order valence-corrected chi connectivity index (χ0v) is 7.25. The monoisotopic (exact) mass is 186 g/mol. The Hall–Kier alpha value is -1.06. The number of halogens is 1. The maximum absolute atomic E-state index is 10.6. The Labute approximate surface area is 77.2 Å². The maximum atomic E-state index is 10.6. The topological polar surface area (TPSA) is 69.1 Å². The zero-order valence-electron chi connectivity index (χ0n) is 6.44. The Morgan fingerprint density at radius 1 is 1.25 bits per heavy atom. The number of nitrogens with two attached hydrogens (primary N) is 2. The largest absolute Gasteiger partial charge is 0.368 e. The van der Waals surface area contributed by atoms with E-state index >= 15 is 0 Å². The summed E-state index contributed by atoms with van der Waals surface area (Å²) in [7, 11) is 0. The molecule has 66 valence electrons. The molecule has 0 heterocycles. The van der Waals surface area contributed by atoms with E-state index in [1.54, 1.807) is 12.1 Å². The van der Waals surface area contributed by atoms with Gasteiger partial charge in [0, 0.05) is 0 Å². The molecule has 0 saturated carbocycles. The molecule has 1 unspecified atom stereocenters. The van der Waals surface area contributed by atoms with Crippen molar-refractivity contribution in [1.29, 1.82) is 0 Å². The van der Waals surface area contributed by atoms with E-state index in [0.29, 0.717) is 0 Å². The third kappa shape index (κ3) is 2.53. The summed E-state index contributed by atoms with van der Waals surface area (Å²) in [6, 6.07) is 8.36. The van der Waals surface area contributed by atoms with E-state index in [1.165, 1.54) is 0 Å². The van der Waals surface area contributed by atoms with Crippen LogP contribution in [0.25, 0.3) is 0 Å². The van der Waals surface area contributed by atoms with Crippen LogP contribution >= 0.6 is 12.4 Å². The maximum Gasteiger partial charge on any atom is 0.238 e. The number of hydrogen-bond acceptors (Lipinski definition) is 2. The molecule has 0 aliphatic rings. The Balaban J connectivity index is 0.00000121. The summed E-state index contributed by atoms with van der Waals surface area (Å²) in [5.74, 6) is -0.504. The van der Waals surface area contributed by atoms with Gasteiger partial charge in [-0.3, -0.25) is 4.79 Å². The normalized spacial score (nSPS) is 11.4. The Bertz CT molecular complexity index is 250. The van der Waals surface area contributed by atoms with E-state index in [9.17, 15) is 4.79 Å². The fourth-order valence-electron chi connectivity index (χ4n) is 0.825. The van der Waals surface area contributed by atoms with Gasteiger partial charge < -0.3 is 11.5 Å². The van der Waals surface area contributed by atoms with Gasteiger partial charge in [0.05, 0.1) is 0 Å². The molecule has 1 atom stereocenters. The molecule has 3 nitrogen and oxygen atoms in total. The van der Waals surface area contributed by atoms with Crippen LogP contribution in [0.2, 0.25) is 0 Å². The third-order valence-corrected chi connectivity index (χ3v) is 1.47. The number of hydrogen-bond donors (Lipinski definition) is 2. The van der Waals surface area contributed by atoms with Crippen molar-refractivity contribution >= 4 is 18.3 Å². The molecule has 4 N–H and O–H groups in total. The molecule has 0 aromatic heterocycles. The van der Waals surface area contributed by atoms with Gasteiger partial charge in [-0.1, -0.05) is 30.3 Å². The molecule has 0 saturated heterocycles. The van der Waals surface area contributed by atoms with Crippen molar-refractivity contribution in [2.75, 3.05) is 0 Å². The first kappa shape index (κ1) is 10.9. The lowest BCUT2D eigenvalue weighted by Crippen LogP contribution is -2.27. The van der Waals surface area contributed by atoms with E-state index < -0.39 is 11.9 Å². The van der Waals surface area contributed by atoms with Gasteiger partial charge in [-0.2, -0.15) is 0 Å². The van der Waals surface area contributed by atoms with Crippen LogP contribution in [0.4, 0.5) is 0 Å². The number of primary amides is 1. The summed E-state index contributed by atoms with van der Waals surface area (Å²) in [5.41, 5.74) is 11.2. The van der Waals surface area contributed by atoms with Crippen LogP contribution < -0.4 is 11.5 Å². The van der Waals surface area contributed by atoms with Crippen LogP contribution in [0.5, 0.6) is 0 Å². The lowest BCUT2D eigenvalue weighted by Gasteiger charge is -2.05. The highest BCUT2D eigenvalue weighted by molar-refractivity contribution is 5.85. The summed E-state index contributed by atoms with van der Waals surface area (Å²) >= 11 is 0. The van der Waals surface area contributed by atoms with E-state index in [1.807, 2.05) is 18.2 Å². The van der Waals surface area contributed by atoms with Crippen LogP contribution in [0, 0.1) is 0 Å². The molecular weight excluding hydrogens is 176 g/mol. The smallest absolute Gasteiger partial charge is 0.238 e. The first-order valence-corrected chi connectivity index (χ1v) is 3.31. The van der Waals surface area contributed by atoms with Gasteiger partial charge in [0.25, 0.3) is 0 Å². The van der Waals surface area contributed by atoms with Crippen LogP contribution in [0.3, 0.4) is 0 Å². The molecule has 1 amide bonds. The van der Waals surface area contributed by atoms with Crippen molar-refractivity contribution in [3.05, 3.63) is 35.9 Å². The summed E-state index contributed by atoms with van der Waals surface area (Å²) in [5, 5.41) is 0. The first-order valence-electron chi connectivity index (χ1n) is 3.31. The molecule has 0 bridgehead atoms. The fraction of sp³-hybridized carbons (Fsp3) is 0.125. The molecule has 1 rings (SSSR count). The van der Waals surface area contributed by atoms with Gasteiger partial charge in [0.15, 0.2) is 0 Å². The van der Waals surface area contributed by atoms with E-state index in [-0.39, 0.29) is 12.4 Å². The fourth-order valence-corrected chi connectivity index (χ4v) is 0.825. The van der Waals surface area contributed by atoms with Crippen molar-refractivity contribution < 1.29 is 4.79 Å². The third-order valence-electron chi connectivity index (χ3n) is 1.47. The van der Waals surface area contributed by atoms with Crippen molar-refractivity contribution in [3.8, 4) is 0 Å². The van der Waals surface area contributed by atoms with E-state index in [0.717, 1.165) is 5.56 Å². The average Bonchev–Trinajstić information content (AvgIpc) is 2.05. The Morgan fingerprint density at radius 3 is 2.17 bits per heavy atom. The minimum Gasteiger partial charge on any atom is -0.368 e. The van der Waals surface area contributed by atoms with Crippen molar-refractivity contribution in [1.82, 2.24) is 0 Å². The first-order chi connectivity index (χ1) is 5.22. The second-order valence-electron chi connectivity index (χ2n) is 2.29. The van der Waals surface area contributed by atoms with Crippen molar-refractivity contribution in [2.45, 2.75) is 6.04 Å². The van der Waals surface area contributed by atoms with Crippen LogP contribution in [-0.4, -0.2) is 5.91 Å². The second kappa shape index (κ2) is 4.74. The molecule has 0 aliphatic carbocycles. The molecule has 0 radical (unpaired) electrons. The molecule has 1 aromatic rings. The quantitative estimate of drug-likeness (QED) is 0.710. The second-order valence-corrected chi connectivity index (χ2v) is 2.29. The highest BCUT2D eigenvalue weighted by Gasteiger charge is 2.09. The average molecular weight is 187 g/mol. The van der Waals surface area contributed by atoms with E-state index in [2.05, 4.69) is 0 Å². The van der Waals surface area contributed by atoms with Gasteiger partial charge in [0.2, 0.25) is 5.91 Å². The van der Waals surface area contributed by atoms with Gasteiger partial charge in [-0.05, 0) is 5.56 Å². The minimum absolute atomic E-state index is 0. The minimum atomic E-state index is -0.684. The standard InChI is InChI=1S/C8H10N2O.ClH/c9-7(8(10)11)6-4-2-1-3-5-6;/h1-5,7H,9H2,(H2,10,11);1H. The van der Waals surface area contributed by atoms with E-state index in [4.69, 9.17) is 11.5 Å². The molecule has 1 aromatic carbocycles. The molecule has 0 aliphatic heterocycles. The predicted molar refractivity (Wildman–Crippen MR) is 49.8 cm³/mol. The van der Waals surface area contributed by atoms with Gasteiger partial charge >= 0.3 is 0 Å². The number of amides is 1. The Kier molecular flexibility index (Phi) is 4.33. The number of benzene rings is 1. The van der Waals surface area contributed by atoms with Crippen molar-refractivity contribution in [2.24, 2.45) is 11.5 Å². The molecular formula is C8H11ClN2O. The number of rotatable bonds is 2. The lowest BCUT2D eigenvalue weighted by molar-refractivity contribution is -0.119. The SMILES string of the molecule is Cl.NC(=O)C(N)c1ccccc1. The summed E-state index contributed by atoms with van der Waals surface area (Å²) in [6.45, 7) is 0. The molecule has 12 heavy (non-hydrogen) atoms. The Morgan fingerprint density at radius 2 is 1.75 bits per heavy atom. The number of carbonyl (C=O) groups excluding carboxylic acids is 1. The molecule has 0 spiro atoms. The van der Waals surface area contributed by atoms with Crippen LogP contribution in [0.1, 0.15) is 11.6 Å². The van der Waals surface area contributed by atoms with Crippen LogP contribution in [0.15, 0.2) is 30.3 Å².